The van der Waals surface area contributed by atoms with Gasteiger partial charge in [-0.2, -0.15) is 16.8 Å². The molecule has 0 spiro atoms. The summed E-state index contributed by atoms with van der Waals surface area (Å²) in [5.41, 5.74) is 0. The lowest BCUT2D eigenvalue weighted by molar-refractivity contribution is -0.0716. The largest absolute Gasteiger partial charge is 0.296 e. The molecule has 0 N–H and O–H groups in total. The fraction of sp³-hybridized carbons (Fsp3) is 1.00. The second-order valence-electron chi connectivity index (χ2n) is 2.61. The monoisotopic (exact) mass is 252 g/mol. The fourth-order valence-electron chi connectivity index (χ4n) is 0.638. The van der Waals surface area contributed by atoms with Crippen molar-refractivity contribution < 1.29 is 34.0 Å². The van der Waals surface area contributed by atoms with Gasteiger partial charge in [0.15, 0.2) is 0 Å². The van der Waals surface area contributed by atoms with E-state index in [0.29, 0.717) is 0 Å². The van der Waals surface area contributed by atoms with E-state index in [1.807, 2.05) is 0 Å². The summed E-state index contributed by atoms with van der Waals surface area (Å²) < 4.78 is 75.5. The molecule has 1 aliphatic heterocycles. The average molecular weight is 252 g/mol. The van der Waals surface area contributed by atoms with Crippen LogP contribution in [-0.2, 0) is 28.6 Å². The van der Waals surface area contributed by atoms with E-state index < -0.39 is 44.5 Å². The average Bonchev–Trinajstić information content (AvgIpc) is 1.96. The molecule has 0 aromatic heterocycles. The Kier molecular flexibility index (Phi) is 2.82. The van der Waals surface area contributed by atoms with Gasteiger partial charge in [0.05, 0.1) is 0 Å². The topological polar surface area (TPSA) is 86.7 Å². The molecule has 0 bridgehead atoms. The quantitative estimate of drug-likeness (QED) is 0.529. The normalized spacial score (nSPS) is 30.1. The molecule has 1 aliphatic rings. The van der Waals surface area contributed by atoms with Crippen molar-refractivity contribution in [3.63, 3.8) is 0 Å². The standard InChI is InChI=1S/C4H6F2O6S2/c5-4(6)1-11-13(7,8)3-14(9,10)12-2-4/h1-3H2. The highest BCUT2D eigenvalue weighted by Crippen LogP contribution is 2.20. The minimum atomic E-state index is -4.51. The van der Waals surface area contributed by atoms with Crippen molar-refractivity contribution in [2.24, 2.45) is 0 Å². The van der Waals surface area contributed by atoms with Crippen LogP contribution in [0, 0.1) is 0 Å². The van der Waals surface area contributed by atoms with Gasteiger partial charge in [-0.15, -0.1) is 0 Å². The summed E-state index contributed by atoms with van der Waals surface area (Å²) in [5, 5.41) is -1.45. The molecule has 1 fully saturated rings. The third kappa shape index (κ3) is 3.44. The first-order chi connectivity index (χ1) is 6.12. The lowest BCUT2D eigenvalue weighted by Crippen LogP contribution is -2.37. The van der Waals surface area contributed by atoms with Crippen LogP contribution < -0.4 is 0 Å². The molecule has 0 aromatic rings. The number of halogens is 2. The number of hydrogen-bond acceptors (Lipinski definition) is 6. The lowest BCUT2D eigenvalue weighted by Gasteiger charge is -2.19. The van der Waals surface area contributed by atoms with Gasteiger partial charge >= 0.3 is 0 Å². The first-order valence-corrected chi connectivity index (χ1v) is 6.39. The number of hydrogen-bond donors (Lipinski definition) is 0. The van der Waals surface area contributed by atoms with Gasteiger partial charge in [-0.1, -0.05) is 0 Å². The molecule has 84 valence electrons. The second-order valence-corrected chi connectivity index (χ2v) is 6.26. The van der Waals surface area contributed by atoms with Gasteiger partial charge in [0.2, 0.25) is 5.08 Å². The zero-order valence-electron chi connectivity index (χ0n) is 6.64. The van der Waals surface area contributed by atoms with Gasteiger partial charge in [-0.25, -0.2) is 8.78 Å². The van der Waals surface area contributed by atoms with Gasteiger partial charge in [0.1, 0.15) is 13.2 Å². The van der Waals surface area contributed by atoms with Crippen molar-refractivity contribution in [2.75, 3.05) is 18.3 Å². The first kappa shape index (κ1) is 11.8. The SMILES string of the molecule is O=S1(=O)CS(=O)(=O)OCC(F)(F)CO1. The van der Waals surface area contributed by atoms with Crippen molar-refractivity contribution in [1.29, 1.82) is 0 Å². The highest BCUT2D eigenvalue weighted by atomic mass is 32.3. The minimum absolute atomic E-state index is 1.41. The predicted molar refractivity (Wildman–Crippen MR) is 39.6 cm³/mol. The molecular formula is C4H6F2O6S2. The van der Waals surface area contributed by atoms with E-state index in [9.17, 15) is 25.6 Å². The Bertz CT molecular complexity index is 371. The van der Waals surface area contributed by atoms with Crippen LogP contribution in [0.5, 0.6) is 0 Å². The van der Waals surface area contributed by atoms with Crippen molar-refractivity contribution in [3.8, 4) is 0 Å². The van der Waals surface area contributed by atoms with Crippen molar-refractivity contribution >= 4 is 20.2 Å². The summed E-state index contributed by atoms with van der Waals surface area (Å²) in [6, 6.07) is 0. The van der Waals surface area contributed by atoms with Gasteiger partial charge in [0, 0.05) is 0 Å². The Morgan fingerprint density at radius 2 is 1.29 bits per heavy atom. The summed E-state index contributed by atoms with van der Waals surface area (Å²) in [6.07, 6.45) is 0. The molecule has 0 atom stereocenters. The molecule has 0 radical (unpaired) electrons. The number of alkyl halides is 2. The molecule has 0 unspecified atom stereocenters. The summed E-state index contributed by atoms with van der Waals surface area (Å²) in [4.78, 5) is 0. The van der Waals surface area contributed by atoms with Crippen molar-refractivity contribution in [2.45, 2.75) is 5.92 Å². The zero-order valence-corrected chi connectivity index (χ0v) is 8.28. The van der Waals surface area contributed by atoms with E-state index in [4.69, 9.17) is 0 Å². The Morgan fingerprint density at radius 1 is 0.929 bits per heavy atom. The van der Waals surface area contributed by atoms with Gasteiger partial charge in [-0.05, 0) is 0 Å². The molecule has 0 aliphatic carbocycles. The third-order valence-electron chi connectivity index (χ3n) is 1.19. The van der Waals surface area contributed by atoms with Crippen LogP contribution in [0.1, 0.15) is 0 Å². The predicted octanol–water partition coefficient (Wildman–Crippen LogP) is -0.714. The molecule has 1 saturated heterocycles. The Balaban J connectivity index is 2.98. The summed E-state index contributed by atoms with van der Waals surface area (Å²) in [6.45, 7) is -2.82. The molecule has 0 saturated carbocycles. The smallest absolute Gasteiger partial charge is 0.263 e. The maximum Gasteiger partial charge on any atom is 0.296 e. The van der Waals surface area contributed by atoms with E-state index in [2.05, 4.69) is 8.37 Å². The summed E-state index contributed by atoms with van der Waals surface area (Å²) in [7, 11) is -9.03. The van der Waals surface area contributed by atoms with Crippen LogP contribution in [-0.4, -0.2) is 41.1 Å². The molecule has 0 amide bonds. The Morgan fingerprint density at radius 3 is 1.64 bits per heavy atom. The highest BCUT2D eigenvalue weighted by Gasteiger charge is 2.39. The van der Waals surface area contributed by atoms with E-state index in [1.165, 1.54) is 0 Å². The molecule has 1 rings (SSSR count). The molecule has 14 heavy (non-hydrogen) atoms. The third-order valence-corrected chi connectivity index (χ3v) is 4.45. The zero-order chi connectivity index (χ0) is 11.0. The van der Waals surface area contributed by atoms with Gasteiger partial charge in [0.25, 0.3) is 26.2 Å². The summed E-state index contributed by atoms with van der Waals surface area (Å²) in [5.74, 6) is -3.64. The molecule has 0 aromatic carbocycles. The van der Waals surface area contributed by atoms with Crippen LogP contribution in [0.25, 0.3) is 0 Å². The van der Waals surface area contributed by atoms with Crippen LogP contribution in [0.15, 0.2) is 0 Å². The number of rotatable bonds is 0. The highest BCUT2D eigenvalue weighted by molar-refractivity contribution is 8.03. The fourth-order valence-corrected chi connectivity index (χ4v) is 3.30. The lowest BCUT2D eigenvalue weighted by atomic mass is 10.4. The van der Waals surface area contributed by atoms with Crippen LogP contribution >= 0.6 is 0 Å². The summed E-state index contributed by atoms with van der Waals surface area (Å²) >= 11 is 0. The van der Waals surface area contributed by atoms with E-state index in [-0.39, 0.29) is 0 Å². The Labute approximate surface area is 79.1 Å². The molecule has 10 heteroatoms. The maximum absolute atomic E-state index is 12.6. The van der Waals surface area contributed by atoms with Gasteiger partial charge < -0.3 is 0 Å². The van der Waals surface area contributed by atoms with Crippen molar-refractivity contribution in [1.82, 2.24) is 0 Å². The van der Waals surface area contributed by atoms with Gasteiger partial charge in [-0.3, -0.25) is 8.37 Å². The van der Waals surface area contributed by atoms with Crippen LogP contribution in [0.3, 0.4) is 0 Å². The van der Waals surface area contributed by atoms with E-state index in [0.717, 1.165) is 0 Å². The molecule has 6 nitrogen and oxygen atoms in total. The Hall–Kier alpha value is -0.320. The first-order valence-electron chi connectivity index (χ1n) is 3.24. The van der Waals surface area contributed by atoms with Crippen LogP contribution in [0.2, 0.25) is 0 Å². The van der Waals surface area contributed by atoms with Crippen molar-refractivity contribution in [3.05, 3.63) is 0 Å². The van der Waals surface area contributed by atoms with E-state index in [1.54, 1.807) is 0 Å². The van der Waals surface area contributed by atoms with Crippen LogP contribution in [0.4, 0.5) is 8.78 Å². The molecular weight excluding hydrogens is 246 g/mol. The van der Waals surface area contributed by atoms with E-state index >= 15 is 0 Å². The molecule has 1 heterocycles. The maximum atomic E-state index is 12.6. The minimum Gasteiger partial charge on any atom is -0.263 e. The second kappa shape index (κ2) is 3.36.